The molecular formula is C14H20ClNO. The Balaban J connectivity index is 2.09. The molecule has 0 spiro atoms. The summed E-state index contributed by atoms with van der Waals surface area (Å²) in [5, 5.41) is 11.3. The molecule has 2 atom stereocenters. The van der Waals surface area contributed by atoms with Crippen molar-refractivity contribution in [3.05, 3.63) is 29.0 Å². The van der Waals surface area contributed by atoms with E-state index in [9.17, 15) is 5.11 Å². The van der Waals surface area contributed by atoms with Crippen molar-refractivity contribution in [3.63, 3.8) is 0 Å². The summed E-state index contributed by atoms with van der Waals surface area (Å²) in [5.41, 5.74) is 0.449. The fourth-order valence-corrected chi connectivity index (χ4v) is 3.06. The van der Waals surface area contributed by atoms with Gasteiger partial charge in [0.05, 0.1) is 10.6 Å². The van der Waals surface area contributed by atoms with Gasteiger partial charge in [0.15, 0.2) is 0 Å². The van der Waals surface area contributed by atoms with Crippen LogP contribution in [-0.2, 0) is 6.42 Å². The van der Waals surface area contributed by atoms with Crippen molar-refractivity contribution in [2.75, 3.05) is 0 Å². The highest BCUT2D eigenvalue weighted by atomic mass is 35.5. The third-order valence-electron chi connectivity index (χ3n) is 3.88. The number of hydrogen-bond acceptors (Lipinski definition) is 2. The number of pyridine rings is 1. The second kappa shape index (κ2) is 5.36. The SMILES string of the molecule is CCC1CCCC(O)(Cc2ccncc2Cl)C1. The Morgan fingerprint density at radius 2 is 2.41 bits per heavy atom. The molecule has 2 rings (SSSR count). The zero-order valence-corrected chi connectivity index (χ0v) is 11.1. The van der Waals surface area contributed by atoms with E-state index in [0.29, 0.717) is 17.4 Å². The van der Waals surface area contributed by atoms with E-state index in [1.54, 1.807) is 12.4 Å². The summed E-state index contributed by atoms with van der Waals surface area (Å²) in [5.74, 6) is 0.661. The highest BCUT2D eigenvalue weighted by Crippen LogP contribution is 2.37. The third kappa shape index (κ3) is 3.20. The van der Waals surface area contributed by atoms with Crippen molar-refractivity contribution in [2.45, 2.75) is 51.0 Å². The van der Waals surface area contributed by atoms with Crippen LogP contribution in [0.15, 0.2) is 18.5 Å². The Morgan fingerprint density at radius 3 is 3.12 bits per heavy atom. The van der Waals surface area contributed by atoms with E-state index >= 15 is 0 Å². The molecule has 3 heteroatoms. The molecule has 1 aromatic heterocycles. The van der Waals surface area contributed by atoms with Crippen LogP contribution in [0.2, 0.25) is 5.02 Å². The largest absolute Gasteiger partial charge is 0.390 e. The van der Waals surface area contributed by atoms with E-state index in [1.807, 2.05) is 6.07 Å². The van der Waals surface area contributed by atoms with Crippen LogP contribution in [0.3, 0.4) is 0 Å². The van der Waals surface area contributed by atoms with Gasteiger partial charge in [0.25, 0.3) is 0 Å². The zero-order valence-electron chi connectivity index (χ0n) is 10.3. The van der Waals surface area contributed by atoms with Crippen molar-refractivity contribution < 1.29 is 5.11 Å². The fraction of sp³-hybridized carbons (Fsp3) is 0.643. The zero-order chi connectivity index (χ0) is 12.3. The van der Waals surface area contributed by atoms with Crippen LogP contribution in [0.1, 0.15) is 44.6 Å². The van der Waals surface area contributed by atoms with E-state index < -0.39 is 5.60 Å². The minimum absolute atomic E-state index is 0.566. The monoisotopic (exact) mass is 253 g/mol. The predicted octanol–water partition coefficient (Wildman–Crippen LogP) is 3.61. The molecule has 1 fully saturated rings. The number of aromatic nitrogens is 1. The molecule has 2 unspecified atom stereocenters. The smallest absolute Gasteiger partial charge is 0.0691 e. The van der Waals surface area contributed by atoms with Gasteiger partial charge in [-0.2, -0.15) is 0 Å². The molecule has 1 N–H and O–H groups in total. The number of hydrogen-bond donors (Lipinski definition) is 1. The second-order valence-corrected chi connectivity index (χ2v) is 5.65. The van der Waals surface area contributed by atoms with Gasteiger partial charge in [0, 0.05) is 18.8 Å². The molecule has 0 radical (unpaired) electrons. The van der Waals surface area contributed by atoms with Crippen LogP contribution >= 0.6 is 11.6 Å². The van der Waals surface area contributed by atoms with Gasteiger partial charge in [-0.1, -0.05) is 37.8 Å². The summed E-state index contributed by atoms with van der Waals surface area (Å²) in [6, 6.07) is 1.91. The lowest BCUT2D eigenvalue weighted by molar-refractivity contribution is -0.0161. The maximum atomic E-state index is 10.7. The fourth-order valence-electron chi connectivity index (χ4n) is 2.87. The van der Waals surface area contributed by atoms with Gasteiger partial charge < -0.3 is 5.11 Å². The highest BCUT2D eigenvalue weighted by Gasteiger charge is 2.34. The van der Waals surface area contributed by atoms with Crippen molar-refractivity contribution >= 4 is 11.6 Å². The first kappa shape index (κ1) is 12.8. The normalized spacial score (nSPS) is 29.2. The Kier molecular flexibility index (Phi) is 4.05. The first-order valence-electron chi connectivity index (χ1n) is 6.44. The Morgan fingerprint density at radius 1 is 1.59 bits per heavy atom. The van der Waals surface area contributed by atoms with E-state index in [-0.39, 0.29) is 0 Å². The maximum Gasteiger partial charge on any atom is 0.0691 e. The topological polar surface area (TPSA) is 33.1 Å². The molecular weight excluding hydrogens is 234 g/mol. The van der Waals surface area contributed by atoms with Gasteiger partial charge in [-0.3, -0.25) is 4.98 Å². The summed E-state index contributed by atoms with van der Waals surface area (Å²) in [6.07, 6.45) is 9.38. The average Bonchev–Trinajstić information content (AvgIpc) is 2.32. The van der Waals surface area contributed by atoms with Gasteiger partial charge in [0.1, 0.15) is 0 Å². The van der Waals surface area contributed by atoms with E-state index in [4.69, 9.17) is 11.6 Å². The minimum Gasteiger partial charge on any atom is -0.390 e. The van der Waals surface area contributed by atoms with E-state index in [1.165, 1.54) is 6.42 Å². The number of nitrogens with zero attached hydrogens (tertiary/aromatic N) is 1. The van der Waals surface area contributed by atoms with Gasteiger partial charge in [0.2, 0.25) is 0 Å². The van der Waals surface area contributed by atoms with Gasteiger partial charge in [-0.05, 0) is 30.4 Å². The molecule has 1 aromatic rings. The summed E-state index contributed by atoms with van der Waals surface area (Å²) in [7, 11) is 0. The van der Waals surface area contributed by atoms with Gasteiger partial charge in [-0.15, -0.1) is 0 Å². The Bertz CT molecular complexity index is 382. The first-order valence-corrected chi connectivity index (χ1v) is 6.81. The lowest BCUT2D eigenvalue weighted by atomic mass is 9.74. The minimum atomic E-state index is -0.566. The molecule has 0 amide bonds. The molecule has 17 heavy (non-hydrogen) atoms. The molecule has 0 saturated heterocycles. The number of rotatable bonds is 3. The number of halogens is 1. The van der Waals surface area contributed by atoms with Crippen molar-refractivity contribution in [2.24, 2.45) is 5.92 Å². The molecule has 0 bridgehead atoms. The molecule has 1 aliphatic rings. The Labute approximate surface area is 108 Å². The Hall–Kier alpha value is -0.600. The summed E-state index contributed by atoms with van der Waals surface area (Å²) in [6.45, 7) is 2.20. The van der Waals surface area contributed by atoms with Crippen molar-refractivity contribution in [1.82, 2.24) is 4.98 Å². The quantitative estimate of drug-likeness (QED) is 0.893. The molecule has 1 aliphatic carbocycles. The highest BCUT2D eigenvalue weighted by molar-refractivity contribution is 6.31. The maximum absolute atomic E-state index is 10.7. The summed E-state index contributed by atoms with van der Waals surface area (Å²) >= 11 is 6.10. The van der Waals surface area contributed by atoms with Crippen molar-refractivity contribution in [1.29, 1.82) is 0 Å². The molecule has 1 heterocycles. The summed E-state index contributed by atoms with van der Waals surface area (Å²) < 4.78 is 0. The predicted molar refractivity (Wildman–Crippen MR) is 70.1 cm³/mol. The van der Waals surface area contributed by atoms with Crippen LogP contribution in [0, 0.1) is 5.92 Å². The van der Waals surface area contributed by atoms with Crippen LogP contribution in [0.5, 0.6) is 0 Å². The van der Waals surface area contributed by atoms with Gasteiger partial charge >= 0.3 is 0 Å². The average molecular weight is 254 g/mol. The second-order valence-electron chi connectivity index (χ2n) is 5.24. The van der Waals surface area contributed by atoms with Crippen LogP contribution in [0.25, 0.3) is 0 Å². The van der Waals surface area contributed by atoms with Crippen LogP contribution in [-0.4, -0.2) is 15.7 Å². The molecule has 0 aliphatic heterocycles. The third-order valence-corrected chi connectivity index (χ3v) is 4.22. The molecule has 94 valence electrons. The van der Waals surface area contributed by atoms with E-state index in [0.717, 1.165) is 31.2 Å². The standard InChI is InChI=1S/C14H20ClNO/c1-2-11-4-3-6-14(17,8-11)9-12-5-7-16-10-13(12)15/h5,7,10-11,17H,2-4,6,8-9H2,1H3. The molecule has 1 saturated carbocycles. The number of aliphatic hydroxyl groups is 1. The first-order chi connectivity index (χ1) is 8.13. The lowest BCUT2D eigenvalue weighted by Crippen LogP contribution is -2.37. The molecule has 0 aromatic carbocycles. The molecule has 2 nitrogen and oxygen atoms in total. The lowest BCUT2D eigenvalue weighted by Gasteiger charge is -2.37. The van der Waals surface area contributed by atoms with E-state index in [2.05, 4.69) is 11.9 Å². The van der Waals surface area contributed by atoms with Gasteiger partial charge in [-0.25, -0.2) is 0 Å². The summed E-state index contributed by atoms with van der Waals surface area (Å²) in [4.78, 5) is 3.98. The van der Waals surface area contributed by atoms with Crippen molar-refractivity contribution in [3.8, 4) is 0 Å². The van der Waals surface area contributed by atoms with Crippen LogP contribution < -0.4 is 0 Å². The van der Waals surface area contributed by atoms with Crippen LogP contribution in [0.4, 0.5) is 0 Å².